The highest BCUT2D eigenvalue weighted by Crippen LogP contribution is 2.36. The van der Waals surface area contributed by atoms with Crippen molar-refractivity contribution >= 4 is 40.4 Å². The van der Waals surface area contributed by atoms with E-state index in [1.165, 1.54) is 24.3 Å². The fourth-order valence-electron chi connectivity index (χ4n) is 3.24. The van der Waals surface area contributed by atoms with Gasteiger partial charge in [-0.3, -0.25) is 9.59 Å². The number of nitrogens with zero attached hydrogens (tertiary/aromatic N) is 1. The summed E-state index contributed by atoms with van der Waals surface area (Å²) in [5.41, 5.74) is 2.66. The Balaban J connectivity index is 1.84. The largest absolute Gasteiger partial charge is 0.350 e. The summed E-state index contributed by atoms with van der Waals surface area (Å²) >= 11 is 6.11. The number of carbonyl (C=O) groups is 2. The Morgan fingerprint density at radius 1 is 0.897 bits per heavy atom. The SMILES string of the molecule is Cc1ccc(Cl)cc1N1C(=O)C(Nc2ccc(F)cc2)=C(c2ccccc2)C1=O. The number of imide groups is 1. The van der Waals surface area contributed by atoms with Crippen molar-refractivity contribution in [3.8, 4) is 0 Å². The average Bonchev–Trinajstić information content (AvgIpc) is 2.96. The van der Waals surface area contributed by atoms with Crippen molar-refractivity contribution in [2.75, 3.05) is 10.2 Å². The molecule has 1 aliphatic heterocycles. The van der Waals surface area contributed by atoms with Gasteiger partial charge in [-0.25, -0.2) is 9.29 Å². The van der Waals surface area contributed by atoms with E-state index in [4.69, 9.17) is 11.6 Å². The van der Waals surface area contributed by atoms with E-state index in [1.807, 2.05) is 6.07 Å². The molecule has 2 amide bonds. The van der Waals surface area contributed by atoms with E-state index in [-0.39, 0.29) is 11.3 Å². The summed E-state index contributed by atoms with van der Waals surface area (Å²) in [6.07, 6.45) is 0. The number of hydrogen-bond acceptors (Lipinski definition) is 3. The molecule has 0 bridgehead atoms. The van der Waals surface area contributed by atoms with Crippen molar-refractivity contribution in [3.63, 3.8) is 0 Å². The first-order valence-electron chi connectivity index (χ1n) is 8.93. The minimum absolute atomic E-state index is 0.132. The second kappa shape index (κ2) is 7.53. The maximum absolute atomic E-state index is 13.3. The van der Waals surface area contributed by atoms with Gasteiger partial charge in [-0.05, 0) is 54.4 Å². The van der Waals surface area contributed by atoms with Gasteiger partial charge in [-0.15, -0.1) is 0 Å². The fourth-order valence-corrected chi connectivity index (χ4v) is 3.40. The number of carbonyl (C=O) groups excluding carboxylic acids is 2. The number of hydrogen-bond donors (Lipinski definition) is 1. The summed E-state index contributed by atoms with van der Waals surface area (Å²) in [6.45, 7) is 1.81. The molecule has 0 unspecified atom stereocenters. The third kappa shape index (κ3) is 3.52. The zero-order valence-electron chi connectivity index (χ0n) is 15.4. The second-order valence-electron chi connectivity index (χ2n) is 6.62. The zero-order chi connectivity index (χ0) is 20.5. The predicted molar refractivity (Wildman–Crippen MR) is 112 cm³/mol. The van der Waals surface area contributed by atoms with Gasteiger partial charge in [0.15, 0.2) is 0 Å². The Kier molecular flexibility index (Phi) is 4.91. The Bertz CT molecular complexity index is 1140. The standard InChI is InChI=1S/C23H16ClFN2O2/c1-14-7-8-16(24)13-19(14)27-22(28)20(15-5-3-2-4-6-15)21(23(27)29)26-18-11-9-17(25)10-12-18/h2-13,26H,1H3. The molecule has 3 aromatic rings. The van der Waals surface area contributed by atoms with Crippen LogP contribution in [0.1, 0.15) is 11.1 Å². The molecule has 0 atom stereocenters. The van der Waals surface area contributed by atoms with Crippen LogP contribution < -0.4 is 10.2 Å². The van der Waals surface area contributed by atoms with Crippen molar-refractivity contribution in [2.24, 2.45) is 0 Å². The summed E-state index contributed by atoms with van der Waals surface area (Å²) in [7, 11) is 0. The Labute approximate surface area is 172 Å². The first-order valence-corrected chi connectivity index (χ1v) is 9.31. The van der Waals surface area contributed by atoms with Crippen LogP contribution in [0, 0.1) is 12.7 Å². The topological polar surface area (TPSA) is 49.4 Å². The molecule has 0 saturated heterocycles. The second-order valence-corrected chi connectivity index (χ2v) is 7.06. The van der Waals surface area contributed by atoms with Gasteiger partial charge in [-0.1, -0.05) is 48.0 Å². The zero-order valence-corrected chi connectivity index (χ0v) is 16.2. The Morgan fingerprint density at radius 3 is 2.28 bits per heavy atom. The summed E-state index contributed by atoms with van der Waals surface area (Å²) in [6, 6.07) is 19.6. The number of benzene rings is 3. The number of anilines is 2. The minimum Gasteiger partial charge on any atom is -0.350 e. The maximum Gasteiger partial charge on any atom is 0.282 e. The van der Waals surface area contributed by atoms with E-state index in [0.717, 1.165) is 10.5 Å². The molecule has 4 rings (SSSR count). The molecular weight excluding hydrogens is 391 g/mol. The lowest BCUT2D eigenvalue weighted by Crippen LogP contribution is -2.33. The number of aryl methyl sites for hydroxylation is 1. The third-order valence-electron chi connectivity index (χ3n) is 4.67. The van der Waals surface area contributed by atoms with Crippen molar-refractivity contribution < 1.29 is 14.0 Å². The van der Waals surface area contributed by atoms with Crippen molar-refractivity contribution in [1.82, 2.24) is 0 Å². The molecule has 0 aromatic heterocycles. The van der Waals surface area contributed by atoms with Crippen molar-refractivity contribution in [2.45, 2.75) is 6.92 Å². The van der Waals surface area contributed by atoms with Crippen molar-refractivity contribution in [1.29, 1.82) is 0 Å². The van der Waals surface area contributed by atoms with Crippen LogP contribution >= 0.6 is 11.6 Å². The molecule has 0 fully saturated rings. The molecule has 3 aromatic carbocycles. The molecule has 1 heterocycles. The van der Waals surface area contributed by atoms with E-state index in [9.17, 15) is 14.0 Å². The molecule has 0 spiro atoms. The van der Waals surface area contributed by atoms with Gasteiger partial charge in [0.1, 0.15) is 11.5 Å². The molecule has 1 N–H and O–H groups in total. The highest BCUT2D eigenvalue weighted by molar-refractivity contribution is 6.46. The molecule has 0 aliphatic carbocycles. The molecule has 29 heavy (non-hydrogen) atoms. The summed E-state index contributed by atoms with van der Waals surface area (Å²) in [4.78, 5) is 27.8. The van der Waals surface area contributed by atoms with Gasteiger partial charge < -0.3 is 5.32 Å². The van der Waals surface area contributed by atoms with Crippen LogP contribution in [0.4, 0.5) is 15.8 Å². The lowest BCUT2D eigenvalue weighted by Gasteiger charge is -2.18. The first-order chi connectivity index (χ1) is 14.0. The van der Waals surface area contributed by atoms with Gasteiger partial charge in [0, 0.05) is 10.7 Å². The average molecular weight is 407 g/mol. The van der Waals surface area contributed by atoms with E-state index in [1.54, 1.807) is 49.4 Å². The third-order valence-corrected chi connectivity index (χ3v) is 4.91. The highest BCUT2D eigenvalue weighted by Gasteiger charge is 2.40. The van der Waals surface area contributed by atoms with Gasteiger partial charge in [0.25, 0.3) is 11.8 Å². The first kappa shape index (κ1) is 18.9. The van der Waals surface area contributed by atoms with Gasteiger partial charge >= 0.3 is 0 Å². The predicted octanol–water partition coefficient (Wildman–Crippen LogP) is 5.18. The number of amides is 2. The van der Waals surface area contributed by atoms with E-state index in [2.05, 4.69) is 5.32 Å². The molecule has 0 saturated carbocycles. The quantitative estimate of drug-likeness (QED) is 0.607. The van der Waals surface area contributed by atoms with Crippen LogP contribution in [0.15, 0.2) is 78.5 Å². The fraction of sp³-hybridized carbons (Fsp3) is 0.0435. The van der Waals surface area contributed by atoms with Gasteiger partial charge in [0.2, 0.25) is 0 Å². The van der Waals surface area contributed by atoms with Gasteiger partial charge in [0.05, 0.1) is 11.3 Å². The molecule has 0 radical (unpaired) electrons. The minimum atomic E-state index is -0.497. The molecule has 1 aliphatic rings. The van der Waals surface area contributed by atoms with E-state index < -0.39 is 17.6 Å². The number of nitrogens with one attached hydrogen (secondary N) is 1. The smallest absolute Gasteiger partial charge is 0.282 e. The number of rotatable bonds is 4. The number of halogens is 2. The van der Waals surface area contributed by atoms with Crippen LogP contribution in [0.3, 0.4) is 0 Å². The molecule has 4 nitrogen and oxygen atoms in total. The highest BCUT2D eigenvalue weighted by atomic mass is 35.5. The van der Waals surface area contributed by atoms with Crippen LogP contribution in [0.5, 0.6) is 0 Å². The van der Waals surface area contributed by atoms with Gasteiger partial charge in [-0.2, -0.15) is 0 Å². The van der Waals surface area contributed by atoms with Crippen LogP contribution in [-0.2, 0) is 9.59 Å². The van der Waals surface area contributed by atoms with E-state index in [0.29, 0.717) is 22.0 Å². The van der Waals surface area contributed by atoms with Crippen LogP contribution in [-0.4, -0.2) is 11.8 Å². The summed E-state index contributed by atoms with van der Waals surface area (Å²) < 4.78 is 13.3. The lowest BCUT2D eigenvalue weighted by molar-refractivity contribution is -0.120. The summed E-state index contributed by atoms with van der Waals surface area (Å²) in [5, 5.41) is 3.42. The maximum atomic E-state index is 13.3. The van der Waals surface area contributed by atoms with Crippen molar-refractivity contribution in [3.05, 3.63) is 100 Å². The molecular formula is C23H16ClFN2O2. The summed E-state index contributed by atoms with van der Waals surface area (Å²) in [5.74, 6) is -1.34. The van der Waals surface area contributed by atoms with Crippen LogP contribution in [0.25, 0.3) is 5.57 Å². The Hall–Kier alpha value is -3.44. The van der Waals surface area contributed by atoms with E-state index >= 15 is 0 Å². The van der Waals surface area contributed by atoms with Crippen LogP contribution in [0.2, 0.25) is 5.02 Å². The molecule has 144 valence electrons. The Morgan fingerprint density at radius 2 is 1.59 bits per heavy atom. The molecule has 6 heteroatoms. The monoisotopic (exact) mass is 406 g/mol. The lowest BCUT2D eigenvalue weighted by atomic mass is 10.0. The normalized spacial score (nSPS) is 14.0.